The van der Waals surface area contributed by atoms with Crippen LogP contribution in [-0.4, -0.2) is 35.8 Å². The number of carbonyl (C=O) groups excluding carboxylic acids is 2. The van der Waals surface area contributed by atoms with Crippen LogP contribution in [0.3, 0.4) is 0 Å². The molecule has 1 fully saturated rings. The molecule has 1 unspecified atom stereocenters. The molecule has 26 heavy (non-hydrogen) atoms. The molecule has 1 aliphatic carbocycles. The van der Waals surface area contributed by atoms with Gasteiger partial charge in [0.1, 0.15) is 6.04 Å². The van der Waals surface area contributed by atoms with Gasteiger partial charge in [0.2, 0.25) is 5.91 Å². The first-order chi connectivity index (χ1) is 12.6. The normalized spacial score (nSPS) is 19.6. The number of amides is 2. The molecule has 2 aromatic carbocycles. The topological polar surface area (TPSA) is 40.6 Å². The van der Waals surface area contributed by atoms with Crippen LogP contribution in [0.4, 0.5) is 5.69 Å². The van der Waals surface area contributed by atoms with Crippen molar-refractivity contribution in [2.24, 2.45) is 0 Å². The Bertz CT molecular complexity index is 880. The highest BCUT2D eigenvalue weighted by Gasteiger charge is 2.36. The van der Waals surface area contributed by atoms with Crippen molar-refractivity contribution in [1.29, 1.82) is 0 Å². The highest BCUT2D eigenvalue weighted by molar-refractivity contribution is 6.33. The first-order valence-corrected chi connectivity index (χ1v) is 9.43. The van der Waals surface area contributed by atoms with Crippen LogP contribution < -0.4 is 4.90 Å². The predicted molar refractivity (Wildman–Crippen MR) is 103 cm³/mol. The summed E-state index contributed by atoms with van der Waals surface area (Å²) >= 11 is 6.16. The lowest BCUT2D eigenvalue weighted by Gasteiger charge is -2.39. The molecule has 2 amide bonds. The van der Waals surface area contributed by atoms with Gasteiger partial charge in [0.05, 0.1) is 10.6 Å². The quantitative estimate of drug-likeness (QED) is 0.810. The summed E-state index contributed by atoms with van der Waals surface area (Å²) in [5.41, 5.74) is 4.12. The molecule has 4 nitrogen and oxygen atoms in total. The van der Waals surface area contributed by atoms with Crippen molar-refractivity contribution in [1.82, 2.24) is 4.90 Å². The molecule has 0 spiro atoms. The molecular formula is C21H21ClN2O2. The first kappa shape index (κ1) is 17.1. The van der Waals surface area contributed by atoms with Gasteiger partial charge in [-0.15, -0.1) is 0 Å². The zero-order chi connectivity index (χ0) is 18.3. The molecule has 1 atom stereocenters. The summed E-state index contributed by atoms with van der Waals surface area (Å²) in [6.07, 6.45) is 3.39. The summed E-state index contributed by atoms with van der Waals surface area (Å²) < 4.78 is 0. The summed E-state index contributed by atoms with van der Waals surface area (Å²) in [6, 6.07) is 12.8. The van der Waals surface area contributed by atoms with Crippen LogP contribution in [0.25, 0.3) is 0 Å². The van der Waals surface area contributed by atoms with Crippen LogP contribution in [0.2, 0.25) is 5.02 Å². The van der Waals surface area contributed by atoms with Crippen LogP contribution in [0.1, 0.15) is 34.8 Å². The maximum atomic E-state index is 13.0. The van der Waals surface area contributed by atoms with E-state index in [1.165, 1.54) is 17.5 Å². The molecule has 0 bridgehead atoms. The molecular weight excluding hydrogens is 348 g/mol. The van der Waals surface area contributed by atoms with Crippen LogP contribution in [0, 0.1) is 0 Å². The van der Waals surface area contributed by atoms with E-state index >= 15 is 0 Å². The monoisotopic (exact) mass is 368 g/mol. The molecule has 1 aliphatic heterocycles. The minimum absolute atomic E-state index is 0.0467. The lowest BCUT2D eigenvalue weighted by atomic mass is 10.1. The van der Waals surface area contributed by atoms with Crippen molar-refractivity contribution in [2.75, 3.05) is 18.0 Å². The second kappa shape index (κ2) is 6.76. The van der Waals surface area contributed by atoms with Crippen molar-refractivity contribution in [3.8, 4) is 0 Å². The van der Waals surface area contributed by atoms with Gasteiger partial charge in [-0.25, -0.2) is 0 Å². The van der Waals surface area contributed by atoms with Gasteiger partial charge < -0.3 is 9.80 Å². The Hall–Kier alpha value is -2.33. The zero-order valence-electron chi connectivity index (χ0n) is 14.7. The third kappa shape index (κ3) is 2.88. The number of anilines is 1. The number of rotatable bonds is 2. The van der Waals surface area contributed by atoms with Gasteiger partial charge in [0.15, 0.2) is 0 Å². The molecule has 2 aliphatic rings. The van der Waals surface area contributed by atoms with Crippen LogP contribution in [0.5, 0.6) is 0 Å². The fraction of sp³-hybridized carbons (Fsp3) is 0.333. The number of carbonyl (C=O) groups is 2. The number of hydrogen-bond acceptors (Lipinski definition) is 2. The lowest BCUT2D eigenvalue weighted by Crippen LogP contribution is -2.57. The summed E-state index contributed by atoms with van der Waals surface area (Å²) in [6.45, 7) is 2.78. The van der Waals surface area contributed by atoms with Crippen LogP contribution in [0.15, 0.2) is 42.5 Å². The number of halogens is 1. The SMILES string of the molecule is CC1C(=O)N(c2ccc3c(c2)CCC3)CCN1C(=O)c1ccccc1Cl. The summed E-state index contributed by atoms with van der Waals surface area (Å²) in [5.74, 6) is -0.236. The third-order valence-corrected chi connectivity index (χ3v) is 5.74. The average molecular weight is 369 g/mol. The summed E-state index contributed by atoms with van der Waals surface area (Å²) in [7, 11) is 0. The van der Waals surface area contributed by atoms with Gasteiger partial charge in [0.25, 0.3) is 5.91 Å². The molecule has 0 N–H and O–H groups in total. The Morgan fingerprint density at radius 1 is 1.08 bits per heavy atom. The number of benzene rings is 2. The zero-order valence-corrected chi connectivity index (χ0v) is 15.5. The maximum absolute atomic E-state index is 13.0. The van der Waals surface area contributed by atoms with E-state index in [-0.39, 0.29) is 11.8 Å². The number of hydrogen-bond donors (Lipinski definition) is 0. The standard InChI is InChI=1S/C21H21ClN2O2/c1-14-20(25)24(17-10-9-15-5-4-6-16(15)13-17)12-11-23(14)21(26)18-7-2-3-8-19(18)22/h2-3,7-10,13-14H,4-6,11-12H2,1H3. The van der Waals surface area contributed by atoms with Crippen LogP contribution in [-0.2, 0) is 17.6 Å². The van der Waals surface area contributed by atoms with E-state index in [9.17, 15) is 9.59 Å². The summed E-state index contributed by atoms with van der Waals surface area (Å²) in [5, 5.41) is 0.415. The Balaban J connectivity index is 1.56. The molecule has 1 heterocycles. The Kier molecular flexibility index (Phi) is 4.45. The fourth-order valence-corrected chi connectivity index (χ4v) is 4.14. The number of nitrogens with zero attached hydrogens (tertiary/aromatic N) is 2. The number of fused-ring (bicyclic) bond motifs is 1. The maximum Gasteiger partial charge on any atom is 0.256 e. The molecule has 5 heteroatoms. The van der Waals surface area contributed by atoms with Gasteiger partial charge in [-0.2, -0.15) is 0 Å². The summed E-state index contributed by atoms with van der Waals surface area (Å²) in [4.78, 5) is 29.2. The van der Waals surface area contributed by atoms with E-state index < -0.39 is 6.04 Å². The van der Waals surface area contributed by atoms with Crippen molar-refractivity contribution >= 4 is 29.1 Å². The average Bonchev–Trinajstić information content (AvgIpc) is 3.11. The van der Waals surface area contributed by atoms with Gasteiger partial charge >= 0.3 is 0 Å². The van der Waals surface area contributed by atoms with Gasteiger partial charge in [0, 0.05) is 18.8 Å². The van der Waals surface area contributed by atoms with E-state index in [0.717, 1.165) is 18.5 Å². The van der Waals surface area contributed by atoms with Gasteiger partial charge in [-0.1, -0.05) is 29.8 Å². The van der Waals surface area contributed by atoms with Gasteiger partial charge in [-0.3, -0.25) is 9.59 Å². The number of piperazine rings is 1. The Labute approximate surface area is 158 Å². The second-order valence-corrected chi connectivity index (χ2v) is 7.36. The van der Waals surface area contributed by atoms with Gasteiger partial charge in [-0.05, 0) is 61.6 Å². The second-order valence-electron chi connectivity index (χ2n) is 6.95. The molecule has 0 saturated carbocycles. The molecule has 4 rings (SSSR count). The minimum atomic E-state index is -0.513. The molecule has 0 aromatic heterocycles. The first-order valence-electron chi connectivity index (χ1n) is 9.05. The highest BCUT2D eigenvalue weighted by atomic mass is 35.5. The van der Waals surface area contributed by atoms with Crippen molar-refractivity contribution in [3.05, 3.63) is 64.2 Å². The Morgan fingerprint density at radius 3 is 2.65 bits per heavy atom. The van der Waals surface area contributed by atoms with Crippen LogP contribution >= 0.6 is 11.6 Å². The van der Waals surface area contributed by atoms with Crippen molar-refractivity contribution < 1.29 is 9.59 Å². The number of aryl methyl sites for hydroxylation is 2. The van der Waals surface area contributed by atoms with E-state index in [1.54, 1.807) is 41.0 Å². The molecule has 0 radical (unpaired) electrons. The molecule has 2 aromatic rings. The van der Waals surface area contributed by atoms with E-state index in [0.29, 0.717) is 23.7 Å². The highest BCUT2D eigenvalue weighted by Crippen LogP contribution is 2.29. The smallest absolute Gasteiger partial charge is 0.256 e. The largest absolute Gasteiger partial charge is 0.325 e. The fourth-order valence-electron chi connectivity index (χ4n) is 3.92. The molecule has 1 saturated heterocycles. The molecule has 134 valence electrons. The van der Waals surface area contributed by atoms with E-state index in [1.807, 2.05) is 6.07 Å². The van der Waals surface area contributed by atoms with E-state index in [2.05, 4.69) is 12.1 Å². The predicted octanol–water partition coefficient (Wildman–Crippen LogP) is 3.71. The van der Waals surface area contributed by atoms with Crippen molar-refractivity contribution in [3.63, 3.8) is 0 Å². The third-order valence-electron chi connectivity index (χ3n) is 5.41. The Morgan fingerprint density at radius 2 is 1.85 bits per heavy atom. The van der Waals surface area contributed by atoms with Crippen molar-refractivity contribution in [2.45, 2.75) is 32.2 Å². The minimum Gasteiger partial charge on any atom is -0.325 e. The van der Waals surface area contributed by atoms with E-state index in [4.69, 9.17) is 11.6 Å². The lowest BCUT2D eigenvalue weighted by molar-refractivity contribution is -0.124.